The first-order valence-corrected chi connectivity index (χ1v) is 41.2. The fourth-order valence-electron chi connectivity index (χ4n) is 14.4. The number of hydrogen-bond donors (Lipinski definition) is 10. The van der Waals surface area contributed by atoms with Crippen molar-refractivity contribution in [3.05, 3.63) is 192 Å². The molecule has 6 aliphatic heterocycles. The van der Waals surface area contributed by atoms with E-state index in [1.165, 1.54) is 26.6 Å². The topological polar surface area (TPSA) is 398 Å². The monoisotopic (exact) mass is 1640 g/mol. The highest BCUT2D eigenvalue weighted by Crippen LogP contribution is 2.34. The zero-order chi connectivity index (χ0) is 84.9. The molecule has 2 saturated heterocycles. The summed E-state index contributed by atoms with van der Waals surface area (Å²) in [5, 5.41) is 43.3. The highest BCUT2D eigenvalue weighted by Gasteiger charge is 2.49. The molecule has 7 aromatic rings. The number of likely N-dealkylation sites (N-methyl/N-ethyl adjacent to an activating group) is 2. The van der Waals surface area contributed by atoms with Crippen LogP contribution >= 0.6 is 0 Å². The van der Waals surface area contributed by atoms with Gasteiger partial charge < -0.3 is 71.7 Å². The molecular weight excluding hydrogens is 1540 g/mol. The van der Waals surface area contributed by atoms with E-state index < -0.39 is 164 Å². The Morgan fingerprint density at radius 1 is 0.593 bits per heavy atom. The predicted molar refractivity (Wildman–Crippen MR) is 437 cm³/mol. The second-order valence-corrected chi connectivity index (χ2v) is 34.7. The largest absolute Gasteiger partial charge is 0.490 e. The highest BCUT2D eigenvalue weighted by atomic mass is 32.2. The minimum Gasteiger partial charge on any atom is -0.490 e. The second kappa shape index (κ2) is 38.3. The number of amides is 9. The van der Waals surface area contributed by atoms with Gasteiger partial charge in [-0.1, -0.05) is 156 Å². The highest BCUT2D eigenvalue weighted by molar-refractivity contribution is 7.91. The van der Waals surface area contributed by atoms with Crippen LogP contribution in [0.4, 0.5) is 4.39 Å². The summed E-state index contributed by atoms with van der Waals surface area (Å²) in [5.41, 5.74) is 1.73. The molecule has 9 amide bonds. The summed E-state index contributed by atoms with van der Waals surface area (Å²) in [7, 11) is -1.02. The Bertz CT molecular complexity index is 4950. The summed E-state index contributed by atoms with van der Waals surface area (Å²) in [6.07, 6.45) is 3.78. The van der Waals surface area contributed by atoms with Gasteiger partial charge in [-0.15, -0.1) is 5.10 Å². The molecule has 1 aromatic heterocycles. The van der Waals surface area contributed by atoms with Crippen molar-refractivity contribution in [2.45, 2.75) is 191 Å². The molecule has 118 heavy (non-hydrogen) atoms. The molecule has 12 atom stereocenters. The molecule has 7 heterocycles. The lowest BCUT2D eigenvalue weighted by Crippen LogP contribution is -2.61. The molecule has 1 saturated carbocycles. The molecule has 7 aliphatic rings. The molecule has 0 unspecified atom stereocenters. The number of carboxylic acids is 1. The lowest BCUT2D eigenvalue weighted by atomic mass is 9.85. The van der Waals surface area contributed by atoms with Gasteiger partial charge in [-0.2, -0.15) is 0 Å². The van der Waals surface area contributed by atoms with Gasteiger partial charge in [0.1, 0.15) is 84.6 Å². The van der Waals surface area contributed by atoms with E-state index in [1.807, 2.05) is 42.5 Å². The quantitative estimate of drug-likeness (QED) is 0.0532. The number of aromatic nitrogens is 3. The number of carbonyl (C=O) groups excluding carboxylic acids is 9. The first kappa shape index (κ1) is 87.4. The molecule has 6 aromatic carbocycles. The molecule has 1 aliphatic carbocycles. The number of aliphatic carboxylic acids is 1. The second-order valence-electron chi connectivity index (χ2n) is 32.8. The molecule has 30 nitrogen and oxygen atoms in total. The number of benzene rings is 6. The Hall–Kier alpha value is -11.5. The summed E-state index contributed by atoms with van der Waals surface area (Å²) >= 11 is 0. The number of ether oxygens (including phenoxy) is 3. The van der Waals surface area contributed by atoms with Crippen LogP contribution in [0.2, 0.25) is 0 Å². The van der Waals surface area contributed by atoms with Gasteiger partial charge in [-0.3, -0.25) is 47.9 Å². The van der Waals surface area contributed by atoms with Gasteiger partial charge in [0.2, 0.25) is 57.3 Å². The fourth-order valence-corrected chi connectivity index (χ4v) is 15.7. The molecule has 10 bridgehead atoms. The number of nitrogens with one attached hydrogen (secondary N) is 9. The summed E-state index contributed by atoms with van der Waals surface area (Å²) in [4.78, 5) is 149. The molecular formula is C86H105FN14O16S. The number of rotatable bonds is 17. The minimum absolute atomic E-state index is 0.0225. The molecule has 0 spiro atoms. The van der Waals surface area contributed by atoms with Crippen molar-refractivity contribution in [2.75, 3.05) is 40.4 Å². The molecule has 10 N–H and O–H groups in total. The predicted octanol–water partition coefficient (Wildman–Crippen LogP) is 5.07. The Morgan fingerprint density at radius 3 is 1.69 bits per heavy atom. The number of halogens is 1. The third-order valence-corrected chi connectivity index (χ3v) is 23.5. The van der Waals surface area contributed by atoms with Gasteiger partial charge >= 0.3 is 5.97 Å². The van der Waals surface area contributed by atoms with Crippen molar-refractivity contribution >= 4 is 79.9 Å². The zero-order valence-corrected chi connectivity index (χ0v) is 68.6. The van der Waals surface area contributed by atoms with Crippen molar-refractivity contribution in [2.24, 2.45) is 10.8 Å². The van der Waals surface area contributed by atoms with Gasteiger partial charge in [-0.05, 0) is 138 Å². The van der Waals surface area contributed by atoms with E-state index in [0.29, 0.717) is 63.4 Å². The van der Waals surface area contributed by atoms with E-state index >= 15 is 24.0 Å². The number of hydrogen-bond acceptors (Lipinski definition) is 19. The molecule has 628 valence electrons. The standard InChI is InChI=1S/C86H105FN14O16S/c1-50(88-9)75(102)94-73(85(3,4)5)82(109)99-47-62-44-71(99)80(107)92-68(42-55-22-29-56-16-11-12-17-58(56)38-55)78(105)93-70(84(111)112)41-54-23-30-63(31-24-54)115-36-13-14-37-116-65-45-72(100(48-65)83(110)74(86(6,7)8)95-76(103)51(2)89-10)81(108)91-67(39-52-20-27-57(28-21-52)59-18-15-19-60(87)43-59)77(104)90-69(79(106)97-118(113,114)66-34-35-66)40-53-25-32-64(33-26-53)117-49-61-46-101(62)98-96-61/h11-33,38,43,46,50-51,62,65-74,88-89H,34-37,39-42,44-45,47-49H2,1-10H3,(H,90,104)(H,91,108)(H,92,107)(H,93,105)(H,94,102)(H,95,103)(H,97,106)(H,111,112)/b14-13+/t50-,51-,62-,65-,67-,68-,69-,70-,71-,72-,73+,74+/m0/s1. The Morgan fingerprint density at radius 2 is 1.13 bits per heavy atom. The van der Waals surface area contributed by atoms with Gasteiger partial charge in [0.25, 0.3) is 5.91 Å². The number of nitrogens with zero attached hydrogens (tertiary/aromatic N) is 5. The van der Waals surface area contributed by atoms with Crippen LogP contribution in [0.1, 0.15) is 115 Å². The molecule has 0 radical (unpaired) electrons. The molecule has 32 heteroatoms. The Balaban J connectivity index is 0.924. The summed E-state index contributed by atoms with van der Waals surface area (Å²) < 4.78 is 63.9. The third kappa shape index (κ3) is 22.8. The van der Waals surface area contributed by atoms with Crippen molar-refractivity contribution in [3.8, 4) is 22.6 Å². The van der Waals surface area contributed by atoms with E-state index in [2.05, 4.69) is 57.6 Å². The van der Waals surface area contributed by atoms with Gasteiger partial charge in [-0.25, -0.2) is 22.3 Å². The number of carbonyl (C=O) groups is 10. The number of likely N-dealkylation sites (tertiary alicyclic amines) is 2. The number of carboxylic acid groups (broad SMARTS) is 1. The summed E-state index contributed by atoms with van der Waals surface area (Å²) in [6, 6.07) is 25.6. The first-order valence-electron chi connectivity index (χ1n) is 39.6. The van der Waals surface area contributed by atoms with Crippen LogP contribution in [-0.4, -0.2) is 210 Å². The van der Waals surface area contributed by atoms with E-state index in [-0.39, 0.29) is 71.4 Å². The van der Waals surface area contributed by atoms with Crippen molar-refractivity contribution < 1.29 is 80.1 Å². The van der Waals surface area contributed by atoms with Crippen molar-refractivity contribution in [1.82, 2.24) is 72.1 Å². The van der Waals surface area contributed by atoms with Crippen LogP contribution in [-0.2, 0) is 95.0 Å². The lowest BCUT2D eigenvalue weighted by Gasteiger charge is -2.36. The normalized spacial score (nSPS) is 22.2. The fraction of sp³-hybridized carbons (Fsp3) is 0.442. The number of fused-ring (bicyclic) bond motifs is 1. The number of sulfonamides is 1. The summed E-state index contributed by atoms with van der Waals surface area (Å²) in [6.45, 7) is 13.4. The van der Waals surface area contributed by atoms with E-state index in [4.69, 9.17) is 14.2 Å². The zero-order valence-electron chi connectivity index (χ0n) is 67.8. The van der Waals surface area contributed by atoms with Crippen LogP contribution in [0.25, 0.3) is 21.9 Å². The SMILES string of the molecule is CN[C@@H](C)C(=O)N[C@H](C(=O)N1C[C@@H]2C[C@H]1C(=O)N[C@@H](Cc1ccc3ccccc3c1)C(=O)N[C@H](C(=O)O)Cc1ccc(cc1)OC/C=C/CO[C@H]1C[C@@H](C(=O)N[C@@H](Cc3ccc(-c4cccc(F)c4)cc3)C(=O)N[C@H](C(=O)NS(=O)(=O)C3CC3)Cc3ccc(cc3)OCc3cn2nn3)N(C(=O)[C@@H](NC(=O)[C@H](C)NC)C(C)(C)C)C1)C(C)(C)C. The van der Waals surface area contributed by atoms with E-state index in [9.17, 15) is 41.9 Å². The van der Waals surface area contributed by atoms with Crippen LogP contribution in [0.3, 0.4) is 0 Å². The lowest BCUT2D eigenvalue weighted by molar-refractivity contribution is -0.145. The maximum Gasteiger partial charge on any atom is 0.326 e. The molecule has 3 fully saturated rings. The van der Waals surface area contributed by atoms with Gasteiger partial charge in [0.15, 0.2) is 0 Å². The maximum atomic E-state index is 15.3. The Kier molecular flexibility index (Phi) is 28.3. The van der Waals surface area contributed by atoms with Crippen molar-refractivity contribution in [3.63, 3.8) is 0 Å². The van der Waals surface area contributed by atoms with Crippen molar-refractivity contribution in [1.29, 1.82) is 0 Å². The van der Waals surface area contributed by atoms with Crippen LogP contribution < -0.4 is 56.7 Å². The average molecular weight is 1640 g/mol. The van der Waals surface area contributed by atoms with Crippen LogP contribution in [0, 0.1) is 16.6 Å². The van der Waals surface area contributed by atoms with E-state index in [1.54, 1.807) is 173 Å². The Labute approximate surface area is 685 Å². The molecule has 14 rings (SSSR count). The van der Waals surface area contributed by atoms with Crippen LogP contribution in [0.5, 0.6) is 11.5 Å². The van der Waals surface area contributed by atoms with Gasteiger partial charge in [0, 0.05) is 51.6 Å². The first-order chi connectivity index (χ1) is 56.1. The van der Waals surface area contributed by atoms with E-state index in [0.717, 1.165) is 10.8 Å². The van der Waals surface area contributed by atoms with Crippen LogP contribution in [0.15, 0.2) is 158 Å². The smallest absolute Gasteiger partial charge is 0.326 e. The minimum atomic E-state index is -4.21. The summed E-state index contributed by atoms with van der Waals surface area (Å²) in [5.74, 6) is -7.67. The van der Waals surface area contributed by atoms with Gasteiger partial charge in [0.05, 0.1) is 42.3 Å². The maximum absolute atomic E-state index is 15.3. The third-order valence-electron chi connectivity index (χ3n) is 21.7. The average Bonchev–Trinajstić information content (AvgIpc) is 1.63.